The molecular formula is C12H13BrN2O. The van der Waals surface area contributed by atoms with Crippen LogP contribution in [0.3, 0.4) is 0 Å². The van der Waals surface area contributed by atoms with Gasteiger partial charge in [-0.1, -0.05) is 0 Å². The van der Waals surface area contributed by atoms with E-state index in [-0.39, 0.29) is 0 Å². The number of halogens is 1. The van der Waals surface area contributed by atoms with Crippen LogP contribution < -0.4 is 4.74 Å². The lowest BCUT2D eigenvalue weighted by atomic mass is 10.1. The zero-order valence-electron chi connectivity index (χ0n) is 9.16. The Bertz CT molecular complexity index is 547. The Labute approximate surface area is 103 Å². The molecule has 2 aromatic rings. The molecule has 16 heavy (non-hydrogen) atoms. The maximum absolute atomic E-state index is 5.78. The lowest BCUT2D eigenvalue weighted by Crippen LogP contribution is -2.10. The van der Waals surface area contributed by atoms with E-state index in [1.165, 1.54) is 10.9 Å². The van der Waals surface area contributed by atoms with Gasteiger partial charge in [-0.2, -0.15) is 0 Å². The number of nitrogens with zero attached hydrogens (tertiary/aromatic N) is 2. The van der Waals surface area contributed by atoms with Crippen molar-refractivity contribution < 1.29 is 4.74 Å². The molecule has 1 aliphatic heterocycles. The average molecular weight is 281 g/mol. The van der Waals surface area contributed by atoms with Crippen LogP contribution in [0.2, 0.25) is 0 Å². The second kappa shape index (κ2) is 3.77. The first-order valence-electron chi connectivity index (χ1n) is 5.61. The Morgan fingerprint density at radius 2 is 2.38 bits per heavy atom. The van der Waals surface area contributed by atoms with Crippen LogP contribution in [0.1, 0.15) is 18.9 Å². The fourth-order valence-corrected chi connectivity index (χ4v) is 2.66. The highest BCUT2D eigenvalue weighted by Crippen LogP contribution is 2.35. The van der Waals surface area contributed by atoms with Gasteiger partial charge in [-0.15, -0.1) is 0 Å². The van der Waals surface area contributed by atoms with Crippen molar-refractivity contribution >= 4 is 27.0 Å². The van der Waals surface area contributed by atoms with Gasteiger partial charge in [-0.3, -0.25) is 4.57 Å². The Morgan fingerprint density at radius 1 is 1.50 bits per heavy atom. The summed E-state index contributed by atoms with van der Waals surface area (Å²) in [6.07, 6.45) is 2.20. The van der Waals surface area contributed by atoms with Crippen molar-refractivity contribution in [2.45, 2.75) is 26.3 Å². The zero-order chi connectivity index (χ0) is 11.1. The maximum Gasteiger partial charge on any atom is 0.199 e. The molecule has 0 amide bonds. The van der Waals surface area contributed by atoms with E-state index in [0.29, 0.717) is 0 Å². The molecule has 84 valence electrons. The molecular weight excluding hydrogens is 268 g/mol. The maximum atomic E-state index is 5.78. The highest BCUT2D eigenvalue weighted by atomic mass is 79.9. The largest absolute Gasteiger partial charge is 0.479 e. The summed E-state index contributed by atoms with van der Waals surface area (Å²) in [5, 5.41) is 1.24. The fourth-order valence-electron chi connectivity index (χ4n) is 2.36. The number of pyridine rings is 1. The van der Waals surface area contributed by atoms with Crippen molar-refractivity contribution in [2.24, 2.45) is 0 Å². The van der Waals surface area contributed by atoms with Crippen LogP contribution in [0.25, 0.3) is 11.0 Å². The molecule has 2 aromatic heterocycles. The molecule has 0 atom stereocenters. The second-order valence-corrected chi connectivity index (χ2v) is 4.80. The van der Waals surface area contributed by atoms with Crippen LogP contribution in [0.4, 0.5) is 0 Å². The Balaban J connectivity index is 2.37. The van der Waals surface area contributed by atoms with Gasteiger partial charge in [0.1, 0.15) is 10.3 Å². The highest BCUT2D eigenvalue weighted by Gasteiger charge is 2.21. The summed E-state index contributed by atoms with van der Waals surface area (Å²) >= 11 is 3.42. The summed E-state index contributed by atoms with van der Waals surface area (Å²) in [6, 6.07) is 4.13. The molecule has 0 N–H and O–H groups in total. The molecule has 3 rings (SSSR count). The number of rotatable bonds is 1. The van der Waals surface area contributed by atoms with Gasteiger partial charge in [0.05, 0.1) is 6.61 Å². The van der Waals surface area contributed by atoms with Crippen molar-refractivity contribution in [1.29, 1.82) is 0 Å². The summed E-state index contributed by atoms with van der Waals surface area (Å²) in [4.78, 5) is 4.55. The Kier molecular flexibility index (Phi) is 2.39. The number of hydrogen-bond acceptors (Lipinski definition) is 2. The van der Waals surface area contributed by atoms with Crippen LogP contribution in [0.15, 0.2) is 16.7 Å². The van der Waals surface area contributed by atoms with Crippen LogP contribution in [0.5, 0.6) is 5.88 Å². The first kappa shape index (κ1) is 10.1. The van der Waals surface area contributed by atoms with Gasteiger partial charge in [0.25, 0.3) is 0 Å². The molecule has 1 aliphatic rings. The van der Waals surface area contributed by atoms with Gasteiger partial charge in [0.15, 0.2) is 5.88 Å². The van der Waals surface area contributed by atoms with Crippen molar-refractivity contribution in [3.8, 4) is 5.88 Å². The van der Waals surface area contributed by atoms with Crippen molar-refractivity contribution in [2.75, 3.05) is 6.61 Å². The molecule has 0 spiro atoms. The smallest absolute Gasteiger partial charge is 0.199 e. The topological polar surface area (TPSA) is 27.1 Å². The lowest BCUT2D eigenvalue weighted by Gasteiger charge is -2.15. The number of aryl methyl sites for hydroxylation is 2. The minimum absolute atomic E-state index is 0.824. The van der Waals surface area contributed by atoms with E-state index >= 15 is 0 Å². The number of ether oxygens (including phenoxy) is 1. The third-order valence-electron chi connectivity index (χ3n) is 3.05. The van der Waals surface area contributed by atoms with Crippen LogP contribution in [0, 0.1) is 0 Å². The SMILES string of the molecule is CCn1c2c(c3ccc(Br)nc31)CCCO2. The standard InChI is InChI=1S/C12H13BrN2O/c1-2-15-11-8(5-6-10(13)14-11)9-4-3-7-16-12(9)15/h5-6H,2-4,7H2,1H3. The van der Waals surface area contributed by atoms with Crippen LogP contribution in [-0.4, -0.2) is 16.2 Å². The number of aromatic nitrogens is 2. The van der Waals surface area contributed by atoms with Gasteiger partial charge in [0, 0.05) is 17.5 Å². The van der Waals surface area contributed by atoms with E-state index in [4.69, 9.17) is 4.74 Å². The monoisotopic (exact) mass is 280 g/mol. The molecule has 0 unspecified atom stereocenters. The number of fused-ring (bicyclic) bond motifs is 3. The predicted octanol–water partition coefficient (Wildman–Crippen LogP) is 3.14. The van der Waals surface area contributed by atoms with E-state index in [0.717, 1.165) is 42.1 Å². The van der Waals surface area contributed by atoms with E-state index in [2.05, 4.69) is 38.5 Å². The van der Waals surface area contributed by atoms with Crippen molar-refractivity contribution in [1.82, 2.24) is 9.55 Å². The Morgan fingerprint density at radius 3 is 3.19 bits per heavy atom. The van der Waals surface area contributed by atoms with Gasteiger partial charge in [0.2, 0.25) is 0 Å². The minimum Gasteiger partial charge on any atom is -0.479 e. The Hall–Kier alpha value is -1.03. The van der Waals surface area contributed by atoms with Crippen LogP contribution >= 0.6 is 15.9 Å². The van der Waals surface area contributed by atoms with E-state index in [1.807, 2.05) is 6.07 Å². The molecule has 0 aliphatic carbocycles. The summed E-state index contributed by atoms with van der Waals surface area (Å²) in [5.41, 5.74) is 2.35. The molecule has 3 heterocycles. The fraction of sp³-hybridized carbons (Fsp3) is 0.417. The quantitative estimate of drug-likeness (QED) is 0.751. The first-order valence-corrected chi connectivity index (χ1v) is 6.41. The molecule has 4 heteroatoms. The summed E-state index contributed by atoms with van der Waals surface area (Å²) in [7, 11) is 0. The van der Waals surface area contributed by atoms with Crippen molar-refractivity contribution in [3.05, 3.63) is 22.3 Å². The van der Waals surface area contributed by atoms with Gasteiger partial charge in [-0.25, -0.2) is 4.98 Å². The third-order valence-corrected chi connectivity index (χ3v) is 3.49. The zero-order valence-corrected chi connectivity index (χ0v) is 10.7. The lowest BCUT2D eigenvalue weighted by molar-refractivity contribution is 0.266. The predicted molar refractivity (Wildman–Crippen MR) is 66.9 cm³/mol. The highest BCUT2D eigenvalue weighted by molar-refractivity contribution is 9.10. The van der Waals surface area contributed by atoms with Gasteiger partial charge in [-0.05, 0) is 47.8 Å². The summed E-state index contributed by atoms with van der Waals surface area (Å²) in [6.45, 7) is 3.85. The third kappa shape index (κ3) is 1.36. The van der Waals surface area contributed by atoms with E-state index in [9.17, 15) is 0 Å². The molecule has 0 fully saturated rings. The number of hydrogen-bond donors (Lipinski definition) is 0. The average Bonchev–Trinajstić information content (AvgIpc) is 2.61. The molecule has 0 aromatic carbocycles. The molecule has 3 nitrogen and oxygen atoms in total. The molecule has 0 saturated carbocycles. The normalized spacial score (nSPS) is 14.9. The molecule has 0 bridgehead atoms. The van der Waals surface area contributed by atoms with E-state index in [1.54, 1.807) is 0 Å². The first-order chi connectivity index (χ1) is 7.81. The summed E-state index contributed by atoms with van der Waals surface area (Å²) < 4.78 is 8.82. The van der Waals surface area contributed by atoms with Crippen LogP contribution in [-0.2, 0) is 13.0 Å². The van der Waals surface area contributed by atoms with Gasteiger partial charge < -0.3 is 4.74 Å². The summed E-state index contributed by atoms with van der Waals surface area (Å²) in [5.74, 6) is 1.02. The second-order valence-electron chi connectivity index (χ2n) is 3.99. The van der Waals surface area contributed by atoms with E-state index < -0.39 is 0 Å². The molecule has 0 radical (unpaired) electrons. The minimum atomic E-state index is 0.824. The molecule has 0 saturated heterocycles. The van der Waals surface area contributed by atoms with Gasteiger partial charge >= 0.3 is 0 Å². The van der Waals surface area contributed by atoms with Crippen molar-refractivity contribution in [3.63, 3.8) is 0 Å².